The van der Waals surface area contributed by atoms with Crippen LogP contribution in [0.5, 0.6) is 0 Å². The molecular formula is C15H19N5O. The van der Waals surface area contributed by atoms with E-state index in [4.69, 9.17) is 5.73 Å². The van der Waals surface area contributed by atoms with E-state index in [-0.39, 0.29) is 5.56 Å². The van der Waals surface area contributed by atoms with E-state index >= 15 is 0 Å². The van der Waals surface area contributed by atoms with Crippen LogP contribution in [0, 0.1) is 0 Å². The first-order chi connectivity index (χ1) is 10.3. The number of hydrogen-bond acceptors (Lipinski definition) is 5. The third-order valence-corrected chi connectivity index (χ3v) is 3.75. The molecule has 0 aromatic carbocycles. The fourth-order valence-corrected chi connectivity index (χ4v) is 2.60. The Balaban J connectivity index is 1.80. The second-order valence-electron chi connectivity index (χ2n) is 5.26. The fraction of sp³-hybridized carbons (Fsp3) is 0.400. The average Bonchev–Trinajstić information content (AvgIpc) is 3.04. The summed E-state index contributed by atoms with van der Waals surface area (Å²) in [4.78, 5) is 18.5. The molecule has 1 saturated heterocycles. The van der Waals surface area contributed by atoms with Crippen molar-refractivity contribution in [2.24, 2.45) is 5.73 Å². The summed E-state index contributed by atoms with van der Waals surface area (Å²) in [7, 11) is 0. The third-order valence-electron chi connectivity index (χ3n) is 3.75. The molecule has 2 aromatic rings. The number of nitrogens with zero attached hydrogens (tertiary/aromatic N) is 4. The van der Waals surface area contributed by atoms with E-state index in [9.17, 15) is 4.79 Å². The Morgan fingerprint density at radius 2 is 2.05 bits per heavy atom. The zero-order valence-electron chi connectivity index (χ0n) is 11.9. The first-order valence-corrected chi connectivity index (χ1v) is 7.22. The van der Waals surface area contributed by atoms with Gasteiger partial charge in [0.25, 0.3) is 5.56 Å². The smallest absolute Gasteiger partial charge is 0.269 e. The monoisotopic (exact) mass is 285 g/mol. The highest BCUT2D eigenvalue weighted by Gasteiger charge is 2.13. The molecule has 6 nitrogen and oxygen atoms in total. The molecule has 3 heterocycles. The number of aromatic nitrogens is 3. The summed E-state index contributed by atoms with van der Waals surface area (Å²) < 4.78 is 1.47. The molecule has 6 heteroatoms. The molecule has 3 rings (SSSR count). The molecule has 0 bridgehead atoms. The number of rotatable bonds is 4. The van der Waals surface area contributed by atoms with Gasteiger partial charge in [-0.15, -0.1) is 0 Å². The molecule has 0 spiro atoms. The third kappa shape index (κ3) is 3.11. The van der Waals surface area contributed by atoms with Crippen LogP contribution in [0.3, 0.4) is 0 Å². The lowest BCUT2D eigenvalue weighted by molar-refractivity contribution is 0.636. The van der Waals surface area contributed by atoms with E-state index in [2.05, 4.69) is 15.0 Å². The minimum Gasteiger partial charge on any atom is -0.370 e. The fourth-order valence-electron chi connectivity index (χ4n) is 2.60. The van der Waals surface area contributed by atoms with E-state index in [0.29, 0.717) is 13.1 Å². The molecule has 2 aromatic heterocycles. The van der Waals surface area contributed by atoms with Gasteiger partial charge < -0.3 is 10.6 Å². The van der Waals surface area contributed by atoms with Gasteiger partial charge in [-0.3, -0.25) is 9.78 Å². The highest BCUT2D eigenvalue weighted by atomic mass is 16.1. The molecule has 21 heavy (non-hydrogen) atoms. The van der Waals surface area contributed by atoms with Gasteiger partial charge in [0.2, 0.25) is 0 Å². The second kappa shape index (κ2) is 6.05. The van der Waals surface area contributed by atoms with Gasteiger partial charge in [0, 0.05) is 31.9 Å². The van der Waals surface area contributed by atoms with Crippen LogP contribution in [-0.2, 0) is 13.1 Å². The molecular weight excluding hydrogens is 266 g/mol. The van der Waals surface area contributed by atoms with Gasteiger partial charge in [-0.2, -0.15) is 5.10 Å². The molecule has 1 fully saturated rings. The lowest BCUT2D eigenvalue weighted by atomic mass is 10.2. The Bertz CT molecular complexity index is 676. The highest BCUT2D eigenvalue weighted by Crippen LogP contribution is 2.16. The predicted molar refractivity (Wildman–Crippen MR) is 81.2 cm³/mol. The second-order valence-corrected chi connectivity index (χ2v) is 5.26. The zero-order chi connectivity index (χ0) is 14.7. The van der Waals surface area contributed by atoms with Crippen LogP contribution in [0.25, 0.3) is 0 Å². The van der Waals surface area contributed by atoms with Gasteiger partial charge in [0.15, 0.2) is 0 Å². The largest absolute Gasteiger partial charge is 0.370 e. The zero-order valence-corrected chi connectivity index (χ0v) is 11.9. The first-order valence-electron chi connectivity index (χ1n) is 7.22. The summed E-state index contributed by atoms with van der Waals surface area (Å²) in [6.07, 6.45) is 5.85. The number of anilines is 1. The highest BCUT2D eigenvalue weighted by molar-refractivity contribution is 5.43. The molecule has 110 valence electrons. The van der Waals surface area contributed by atoms with E-state index < -0.39 is 0 Å². The predicted octanol–water partition coefficient (Wildman–Crippen LogP) is 0.745. The van der Waals surface area contributed by atoms with Crippen molar-refractivity contribution in [3.8, 4) is 0 Å². The van der Waals surface area contributed by atoms with Crippen molar-refractivity contribution in [1.82, 2.24) is 14.8 Å². The maximum atomic E-state index is 12.2. The molecule has 0 saturated carbocycles. The van der Waals surface area contributed by atoms with Crippen molar-refractivity contribution < 1.29 is 0 Å². The van der Waals surface area contributed by atoms with Crippen LogP contribution >= 0.6 is 0 Å². The summed E-state index contributed by atoms with van der Waals surface area (Å²) in [6.45, 7) is 2.85. The normalized spacial score (nSPS) is 14.6. The van der Waals surface area contributed by atoms with Gasteiger partial charge in [-0.25, -0.2) is 4.68 Å². The van der Waals surface area contributed by atoms with Crippen LogP contribution in [0.4, 0.5) is 5.69 Å². The Kier molecular flexibility index (Phi) is 3.96. The van der Waals surface area contributed by atoms with Crippen LogP contribution < -0.4 is 16.2 Å². The van der Waals surface area contributed by atoms with Gasteiger partial charge >= 0.3 is 0 Å². The van der Waals surface area contributed by atoms with E-state index in [1.54, 1.807) is 18.5 Å². The van der Waals surface area contributed by atoms with Crippen molar-refractivity contribution >= 4 is 5.69 Å². The molecule has 0 amide bonds. The lowest BCUT2D eigenvalue weighted by Gasteiger charge is -2.17. The summed E-state index contributed by atoms with van der Waals surface area (Å²) >= 11 is 0. The molecule has 1 aliphatic heterocycles. The van der Waals surface area contributed by atoms with E-state index in [1.807, 2.05) is 12.1 Å². The maximum Gasteiger partial charge on any atom is 0.269 e. The summed E-state index contributed by atoms with van der Waals surface area (Å²) in [5.41, 5.74) is 8.22. The van der Waals surface area contributed by atoms with Crippen molar-refractivity contribution in [3.63, 3.8) is 0 Å². The topological polar surface area (TPSA) is 77.0 Å². The van der Waals surface area contributed by atoms with Gasteiger partial charge in [0.1, 0.15) is 0 Å². The quantitative estimate of drug-likeness (QED) is 0.897. The van der Waals surface area contributed by atoms with Gasteiger partial charge in [-0.05, 0) is 30.5 Å². The lowest BCUT2D eigenvalue weighted by Crippen LogP contribution is -2.26. The van der Waals surface area contributed by atoms with E-state index in [0.717, 1.165) is 30.0 Å². The Morgan fingerprint density at radius 1 is 1.24 bits per heavy atom. The SMILES string of the molecule is NCc1cc(Cn2ncc(N3CCCC3)cc2=O)ccn1. The van der Waals surface area contributed by atoms with Crippen LogP contribution in [0.15, 0.2) is 35.4 Å². The average molecular weight is 285 g/mol. The van der Waals surface area contributed by atoms with Crippen molar-refractivity contribution in [2.45, 2.75) is 25.9 Å². The van der Waals surface area contributed by atoms with Crippen molar-refractivity contribution in [1.29, 1.82) is 0 Å². The Hall–Kier alpha value is -2.21. The Morgan fingerprint density at radius 3 is 2.76 bits per heavy atom. The van der Waals surface area contributed by atoms with Gasteiger partial charge in [0.05, 0.1) is 24.1 Å². The van der Waals surface area contributed by atoms with Crippen LogP contribution in [0.1, 0.15) is 24.1 Å². The number of hydrogen-bond donors (Lipinski definition) is 1. The summed E-state index contributed by atoms with van der Waals surface area (Å²) in [5.74, 6) is 0. The number of pyridine rings is 1. The number of nitrogens with two attached hydrogens (primary N) is 1. The molecule has 0 unspecified atom stereocenters. The standard InChI is InChI=1S/C15H19N5O/c16-9-13-7-12(3-4-17-13)11-20-15(21)8-14(10-18-20)19-5-1-2-6-19/h3-4,7-8,10H,1-2,5-6,9,11,16H2. The molecule has 2 N–H and O–H groups in total. The first kappa shape index (κ1) is 13.8. The molecule has 1 aliphatic rings. The minimum absolute atomic E-state index is 0.0782. The molecule has 0 aliphatic carbocycles. The molecule has 0 radical (unpaired) electrons. The van der Waals surface area contributed by atoms with Crippen molar-refractivity contribution in [2.75, 3.05) is 18.0 Å². The Labute approximate surface area is 123 Å². The van der Waals surface area contributed by atoms with E-state index in [1.165, 1.54) is 17.5 Å². The minimum atomic E-state index is -0.0782. The summed E-state index contributed by atoms with van der Waals surface area (Å²) in [6, 6.07) is 5.45. The van der Waals surface area contributed by atoms with Gasteiger partial charge in [-0.1, -0.05) is 0 Å². The summed E-state index contributed by atoms with van der Waals surface area (Å²) in [5, 5.41) is 4.28. The van der Waals surface area contributed by atoms with Crippen molar-refractivity contribution in [3.05, 3.63) is 52.2 Å². The van der Waals surface area contributed by atoms with Crippen LogP contribution in [-0.4, -0.2) is 27.9 Å². The van der Waals surface area contributed by atoms with Crippen LogP contribution in [0.2, 0.25) is 0 Å². The maximum absolute atomic E-state index is 12.2. The molecule has 0 atom stereocenters.